The Morgan fingerprint density at radius 3 is 2.66 bits per heavy atom. The van der Waals surface area contributed by atoms with Crippen molar-refractivity contribution in [1.82, 2.24) is 15.2 Å². The number of alkyl halides is 3. The third-order valence-electron chi connectivity index (χ3n) is 4.49. The SMILES string of the molecule is O=C(CCc1nnc(-c2cccc(C(F)(F)F)c2)o1)Nc1ncc(Cc2ccccc2)s1. The van der Waals surface area contributed by atoms with Crippen LogP contribution in [0, 0.1) is 0 Å². The predicted molar refractivity (Wildman–Crippen MR) is 113 cm³/mol. The first-order chi connectivity index (χ1) is 15.4. The van der Waals surface area contributed by atoms with Crippen LogP contribution in [0.25, 0.3) is 11.5 Å². The van der Waals surface area contributed by atoms with E-state index in [0.29, 0.717) is 5.13 Å². The lowest BCUT2D eigenvalue weighted by molar-refractivity contribution is -0.137. The summed E-state index contributed by atoms with van der Waals surface area (Å²) in [7, 11) is 0. The third kappa shape index (κ3) is 5.58. The van der Waals surface area contributed by atoms with E-state index in [-0.39, 0.29) is 36.1 Å². The summed E-state index contributed by atoms with van der Waals surface area (Å²) < 4.78 is 44.0. The van der Waals surface area contributed by atoms with Crippen molar-refractivity contribution in [1.29, 1.82) is 0 Å². The molecule has 10 heteroatoms. The van der Waals surface area contributed by atoms with Gasteiger partial charge in [0, 0.05) is 35.9 Å². The van der Waals surface area contributed by atoms with Crippen LogP contribution in [0.4, 0.5) is 18.3 Å². The van der Waals surface area contributed by atoms with Crippen LogP contribution in [0.2, 0.25) is 0 Å². The number of aryl methyl sites for hydroxylation is 1. The largest absolute Gasteiger partial charge is 0.421 e. The average molecular weight is 458 g/mol. The Morgan fingerprint density at radius 1 is 1.06 bits per heavy atom. The number of hydrogen-bond acceptors (Lipinski definition) is 6. The second-order valence-electron chi connectivity index (χ2n) is 6.92. The number of benzene rings is 2. The van der Waals surface area contributed by atoms with Gasteiger partial charge in [0.05, 0.1) is 5.56 Å². The van der Waals surface area contributed by atoms with E-state index in [2.05, 4.69) is 20.5 Å². The summed E-state index contributed by atoms with van der Waals surface area (Å²) in [5, 5.41) is 10.8. The molecule has 32 heavy (non-hydrogen) atoms. The number of amides is 1. The fourth-order valence-corrected chi connectivity index (χ4v) is 3.81. The molecule has 6 nitrogen and oxygen atoms in total. The maximum absolute atomic E-state index is 12.9. The van der Waals surface area contributed by atoms with Gasteiger partial charge in [-0.25, -0.2) is 4.98 Å². The number of halogens is 3. The fraction of sp³-hybridized carbons (Fsp3) is 0.182. The van der Waals surface area contributed by atoms with Crippen LogP contribution < -0.4 is 5.32 Å². The van der Waals surface area contributed by atoms with Crippen molar-refractivity contribution in [2.75, 3.05) is 5.32 Å². The Morgan fingerprint density at radius 2 is 1.88 bits per heavy atom. The highest BCUT2D eigenvalue weighted by Crippen LogP contribution is 2.31. The molecule has 4 aromatic rings. The number of anilines is 1. The van der Waals surface area contributed by atoms with Crippen molar-refractivity contribution in [2.45, 2.75) is 25.4 Å². The molecule has 0 spiro atoms. The number of carbonyl (C=O) groups excluding carboxylic acids is 1. The molecule has 4 rings (SSSR count). The predicted octanol–water partition coefficient (Wildman–Crippen LogP) is 5.37. The number of rotatable bonds is 7. The summed E-state index contributed by atoms with van der Waals surface area (Å²) in [5.74, 6) is -0.141. The van der Waals surface area contributed by atoms with Crippen molar-refractivity contribution in [3.63, 3.8) is 0 Å². The summed E-state index contributed by atoms with van der Waals surface area (Å²) in [5.41, 5.74) is 0.517. The van der Waals surface area contributed by atoms with Crippen LogP contribution in [0.3, 0.4) is 0 Å². The molecule has 0 aliphatic carbocycles. The molecule has 0 bridgehead atoms. The molecule has 2 aromatic carbocycles. The van der Waals surface area contributed by atoms with Crippen LogP contribution >= 0.6 is 11.3 Å². The van der Waals surface area contributed by atoms with Gasteiger partial charge in [-0.05, 0) is 23.8 Å². The van der Waals surface area contributed by atoms with Crippen molar-refractivity contribution < 1.29 is 22.4 Å². The van der Waals surface area contributed by atoms with Gasteiger partial charge in [0.25, 0.3) is 0 Å². The molecule has 0 atom stereocenters. The molecule has 1 N–H and O–H groups in total. The van der Waals surface area contributed by atoms with Gasteiger partial charge in [-0.15, -0.1) is 21.5 Å². The standard InChI is InChI=1S/C22H17F3N4O2S/c23-22(24,25)16-8-4-7-15(12-16)20-29-28-19(31-20)10-9-18(30)27-21-26-13-17(32-21)11-14-5-2-1-3-6-14/h1-8,12-13H,9-11H2,(H,26,27,30). The number of hydrogen-bond donors (Lipinski definition) is 1. The third-order valence-corrected chi connectivity index (χ3v) is 5.40. The number of nitrogens with one attached hydrogen (secondary N) is 1. The van der Waals surface area contributed by atoms with Gasteiger partial charge in [0.1, 0.15) is 0 Å². The van der Waals surface area contributed by atoms with Gasteiger partial charge < -0.3 is 9.73 Å². The Kier molecular flexibility index (Phi) is 6.31. The van der Waals surface area contributed by atoms with Crippen LogP contribution in [0.1, 0.15) is 28.3 Å². The minimum absolute atomic E-state index is 0.0306. The van der Waals surface area contributed by atoms with Crippen molar-refractivity contribution >= 4 is 22.4 Å². The van der Waals surface area contributed by atoms with Gasteiger partial charge in [-0.1, -0.05) is 36.4 Å². The van der Waals surface area contributed by atoms with E-state index in [4.69, 9.17) is 4.42 Å². The Labute approximate surface area is 185 Å². The van der Waals surface area contributed by atoms with E-state index < -0.39 is 11.7 Å². The van der Waals surface area contributed by atoms with E-state index >= 15 is 0 Å². The maximum Gasteiger partial charge on any atom is 0.416 e. The highest BCUT2D eigenvalue weighted by molar-refractivity contribution is 7.15. The highest BCUT2D eigenvalue weighted by atomic mass is 32.1. The molecule has 0 radical (unpaired) electrons. The van der Waals surface area contributed by atoms with Crippen molar-refractivity contribution in [3.05, 3.63) is 82.7 Å². The van der Waals surface area contributed by atoms with Crippen LogP contribution in [0.5, 0.6) is 0 Å². The van der Waals surface area contributed by atoms with Crippen LogP contribution in [-0.4, -0.2) is 21.1 Å². The summed E-state index contributed by atoms with van der Waals surface area (Å²) in [6.07, 6.45) is -1.78. The lowest BCUT2D eigenvalue weighted by Crippen LogP contribution is -2.12. The smallest absolute Gasteiger partial charge is 0.416 e. The molecular formula is C22H17F3N4O2S. The first-order valence-electron chi connectivity index (χ1n) is 9.65. The van der Waals surface area contributed by atoms with E-state index in [1.54, 1.807) is 6.20 Å². The maximum atomic E-state index is 12.9. The van der Waals surface area contributed by atoms with Crippen molar-refractivity contribution in [3.8, 4) is 11.5 Å². The van der Waals surface area contributed by atoms with E-state index in [0.717, 1.165) is 29.0 Å². The molecule has 0 saturated carbocycles. The number of nitrogens with zero attached hydrogens (tertiary/aromatic N) is 3. The molecule has 0 aliphatic rings. The molecule has 2 aromatic heterocycles. The molecular weight excluding hydrogens is 441 g/mol. The molecule has 0 saturated heterocycles. The molecule has 0 aliphatic heterocycles. The van der Waals surface area contributed by atoms with Gasteiger partial charge in [-0.2, -0.15) is 13.2 Å². The van der Waals surface area contributed by atoms with Gasteiger partial charge in [-0.3, -0.25) is 4.79 Å². The number of carbonyl (C=O) groups is 1. The monoisotopic (exact) mass is 458 g/mol. The first kappa shape index (κ1) is 21.7. The van der Waals surface area contributed by atoms with Crippen LogP contribution in [-0.2, 0) is 23.8 Å². The molecule has 0 unspecified atom stereocenters. The second kappa shape index (κ2) is 9.31. The minimum Gasteiger partial charge on any atom is -0.421 e. The first-order valence-corrected chi connectivity index (χ1v) is 10.5. The van der Waals surface area contributed by atoms with E-state index in [1.165, 1.54) is 23.5 Å². The van der Waals surface area contributed by atoms with Gasteiger partial charge in [0.2, 0.25) is 17.7 Å². The summed E-state index contributed by atoms with van der Waals surface area (Å²) in [4.78, 5) is 17.5. The molecule has 2 heterocycles. The van der Waals surface area contributed by atoms with Gasteiger partial charge >= 0.3 is 6.18 Å². The average Bonchev–Trinajstić information content (AvgIpc) is 3.42. The zero-order chi connectivity index (χ0) is 22.6. The zero-order valence-corrected chi connectivity index (χ0v) is 17.4. The Balaban J connectivity index is 1.31. The zero-order valence-electron chi connectivity index (χ0n) is 16.6. The van der Waals surface area contributed by atoms with E-state index in [9.17, 15) is 18.0 Å². The van der Waals surface area contributed by atoms with Crippen molar-refractivity contribution in [2.24, 2.45) is 0 Å². The minimum atomic E-state index is -4.46. The lowest BCUT2D eigenvalue weighted by atomic mass is 10.1. The number of aromatic nitrogens is 3. The van der Waals surface area contributed by atoms with Gasteiger partial charge in [0.15, 0.2) is 5.13 Å². The Hall–Kier alpha value is -3.53. The highest BCUT2D eigenvalue weighted by Gasteiger charge is 2.30. The topological polar surface area (TPSA) is 80.9 Å². The summed E-state index contributed by atoms with van der Waals surface area (Å²) >= 11 is 1.40. The summed E-state index contributed by atoms with van der Waals surface area (Å²) in [6.45, 7) is 0. The molecule has 1 amide bonds. The normalized spacial score (nSPS) is 11.5. The van der Waals surface area contributed by atoms with Crippen LogP contribution in [0.15, 0.2) is 65.2 Å². The molecule has 164 valence electrons. The van der Waals surface area contributed by atoms with E-state index in [1.807, 2.05) is 30.3 Å². The number of thiazole rings is 1. The second-order valence-corrected chi connectivity index (χ2v) is 8.04. The Bertz CT molecular complexity index is 1210. The molecule has 0 fully saturated rings. The lowest BCUT2D eigenvalue weighted by Gasteiger charge is -2.06. The quantitative estimate of drug-likeness (QED) is 0.403. The fourth-order valence-electron chi connectivity index (χ4n) is 2.95. The summed E-state index contributed by atoms with van der Waals surface area (Å²) in [6, 6.07) is 14.6.